The summed E-state index contributed by atoms with van der Waals surface area (Å²) in [5, 5.41) is 15.4. The topological polar surface area (TPSA) is 51.0 Å². The van der Waals surface area contributed by atoms with Crippen molar-refractivity contribution in [1.82, 2.24) is 15.5 Å². The van der Waals surface area contributed by atoms with Gasteiger partial charge in [-0.15, -0.1) is 10.2 Å². The third kappa shape index (κ3) is 2.90. The fraction of sp³-hybridized carbons (Fsp3) is 0.455. The highest BCUT2D eigenvalue weighted by Gasteiger charge is 2.08. The van der Waals surface area contributed by atoms with Gasteiger partial charge in [0.2, 0.25) is 11.8 Å². The van der Waals surface area contributed by atoms with Crippen molar-refractivity contribution in [2.45, 2.75) is 26.3 Å². The Kier molecular flexibility index (Phi) is 3.69. The normalized spacial score (nSPS) is 11.2. The van der Waals surface area contributed by atoms with E-state index in [1.807, 2.05) is 16.8 Å². The van der Waals surface area contributed by atoms with Gasteiger partial charge in [-0.1, -0.05) is 13.8 Å². The van der Waals surface area contributed by atoms with Crippen LogP contribution in [-0.4, -0.2) is 22.8 Å². The Morgan fingerprint density at radius 1 is 1.44 bits per heavy atom. The molecule has 2 heterocycles. The largest absolute Gasteiger partial charge is 0.421 e. The lowest BCUT2D eigenvalue weighted by atomic mass is 10.3. The Labute approximate surface area is 98.7 Å². The molecule has 0 saturated heterocycles. The molecule has 0 amide bonds. The van der Waals surface area contributed by atoms with E-state index in [9.17, 15) is 0 Å². The fourth-order valence-corrected chi connectivity index (χ4v) is 1.95. The van der Waals surface area contributed by atoms with E-state index < -0.39 is 0 Å². The van der Waals surface area contributed by atoms with Crippen molar-refractivity contribution >= 4 is 11.3 Å². The second-order valence-electron chi connectivity index (χ2n) is 3.87. The molecule has 1 N–H and O–H groups in total. The summed E-state index contributed by atoms with van der Waals surface area (Å²) >= 11 is 1.63. The van der Waals surface area contributed by atoms with Crippen LogP contribution in [-0.2, 0) is 6.42 Å². The minimum absolute atomic E-state index is 0.485. The maximum Gasteiger partial charge on any atom is 0.248 e. The molecule has 5 heteroatoms. The molecule has 4 nitrogen and oxygen atoms in total. The highest BCUT2D eigenvalue weighted by Crippen LogP contribution is 2.20. The Hall–Kier alpha value is -1.20. The molecule has 2 aromatic heterocycles. The zero-order valence-electron chi connectivity index (χ0n) is 9.43. The number of hydrogen-bond donors (Lipinski definition) is 1. The molecule has 0 aliphatic rings. The first-order valence-electron chi connectivity index (χ1n) is 5.34. The molecule has 0 aromatic carbocycles. The number of nitrogens with one attached hydrogen (secondary N) is 1. The van der Waals surface area contributed by atoms with E-state index in [4.69, 9.17) is 4.42 Å². The van der Waals surface area contributed by atoms with Gasteiger partial charge < -0.3 is 9.73 Å². The fourth-order valence-electron chi connectivity index (χ4n) is 1.33. The summed E-state index contributed by atoms with van der Waals surface area (Å²) in [6, 6.07) is 2.47. The Bertz CT molecular complexity index is 422. The monoisotopic (exact) mass is 237 g/mol. The smallest absolute Gasteiger partial charge is 0.248 e. The first-order valence-corrected chi connectivity index (χ1v) is 6.28. The highest BCUT2D eigenvalue weighted by atomic mass is 32.1. The van der Waals surface area contributed by atoms with Gasteiger partial charge in [0.15, 0.2) is 0 Å². The third-order valence-corrected chi connectivity index (χ3v) is 2.81. The maximum atomic E-state index is 5.55. The van der Waals surface area contributed by atoms with Crippen molar-refractivity contribution in [3.8, 4) is 11.5 Å². The average molecular weight is 237 g/mol. The number of thiophene rings is 1. The van der Waals surface area contributed by atoms with Crippen molar-refractivity contribution in [1.29, 1.82) is 0 Å². The van der Waals surface area contributed by atoms with E-state index in [1.165, 1.54) is 0 Å². The lowest BCUT2D eigenvalue weighted by molar-refractivity contribution is 0.484. The van der Waals surface area contributed by atoms with E-state index in [0.717, 1.165) is 18.5 Å². The first kappa shape index (κ1) is 11.3. The van der Waals surface area contributed by atoms with Crippen LogP contribution in [0.2, 0.25) is 0 Å². The molecule has 0 atom stereocenters. The summed E-state index contributed by atoms with van der Waals surface area (Å²) in [5.41, 5.74) is 1.00. The van der Waals surface area contributed by atoms with Gasteiger partial charge in [-0.3, -0.25) is 0 Å². The maximum absolute atomic E-state index is 5.55. The third-order valence-electron chi connectivity index (χ3n) is 2.13. The summed E-state index contributed by atoms with van der Waals surface area (Å²) in [6.07, 6.45) is 0.773. The minimum atomic E-state index is 0.485. The molecule has 0 aliphatic heterocycles. The van der Waals surface area contributed by atoms with E-state index >= 15 is 0 Å². The predicted octanol–water partition coefficient (Wildman–Crippen LogP) is 2.34. The Balaban J connectivity index is 1.93. The standard InChI is InChI=1S/C11H15N3OS/c1-8(2)12-5-3-10-13-14-11(15-10)9-4-6-16-7-9/h4,6-8,12H,3,5H2,1-2H3. The highest BCUT2D eigenvalue weighted by molar-refractivity contribution is 7.08. The molecular weight excluding hydrogens is 222 g/mol. The lowest BCUT2D eigenvalue weighted by Gasteiger charge is -2.04. The summed E-state index contributed by atoms with van der Waals surface area (Å²) in [4.78, 5) is 0. The first-order chi connectivity index (χ1) is 7.75. The van der Waals surface area contributed by atoms with Crippen molar-refractivity contribution in [3.05, 3.63) is 22.7 Å². The van der Waals surface area contributed by atoms with Crippen LogP contribution in [0.25, 0.3) is 11.5 Å². The quantitative estimate of drug-likeness (QED) is 0.867. The summed E-state index contributed by atoms with van der Waals surface area (Å²) in [5.74, 6) is 1.30. The SMILES string of the molecule is CC(C)NCCc1nnc(-c2ccsc2)o1. The number of aromatic nitrogens is 2. The number of rotatable bonds is 5. The van der Waals surface area contributed by atoms with Crippen LogP contribution in [0, 0.1) is 0 Å². The molecule has 2 rings (SSSR count). The predicted molar refractivity (Wildman–Crippen MR) is 64.5 cm³/mol. The van der Waals surface area contributed by atoms with Crippen LogP contribution in [0.3, 0.4) is 0 Å². The van der Waals surface area contributed by atoms with Crippen LogP contribution in [0.15, 0.2) is 21.2 Å². The number of nitrogens with zero attached hydrogens (tertiary/aromatic N) is 2. The van der Waals surface area contributed by atoms with Gasteiger partial charge in [-0.2, -0.15) is 11.3 Å². The molecule has 0 aliphatic carbocycles. The van der Waals surface area contributed by atoms with Crippen LogP contribution < -0.4 is 5.32 Å². The summed E-state index contributed by atoms with van der Waals surface area (Å²) in [7, 11) is 0. The Morgan fingerprint density at radius 3 is 3.00 bits per heavy atom. The van der Waals surface area contributed by atoms with Crippen molar-refractivity contribution in [2.75, 3.05) is 6.54 Å². The van der Waals surface area contributed by atoms with Gasteiger partial charge in [0.1, 0.15) is 0 Å². The van der Waals surface area contributed by atoms with E-state index in [2.05, 4.69) is 29.4 Å². The van der Waals surface area contributed by atoms with E-state index in [0.29, 0.717) is 17.8 Å². The molecule has 0 fully saturated rings. The average Bonchev–Trinajstić information content (AvgIpc) is 2.85. The van der Waals surface area contributed by atoms with Crippen LogP contribution in [0.4, 0.5) is 0 Å². The van der Waals surface area contributed by atoms with Crippen LogP contribution >= 0.6 is 11.3 Å². The molecule has 0 spiro atoms. The van der Waals surface area contributed by atoms with Gasteiger partial charge in [-0.05, 0) is 11.4 Å². The van der Waals surface area contributed by atoms with Gasteiger partial charge in [0, 0.05) is 30.0 Å². The molecule has 0 radical (unpaired) electrons. The molecule has 0 unspecified atom stereocenters. The zero-order chi connectivity index (χ0) is 11.4. The van der Waals surface area contributed by atoms with Crippen molar-refractivity contribution in [3.63, 3.8) is 0 Å². The van der Waals surface area contributed by atoms with E-state index in [1.54, 1.807) is 11.3 Å². The van der Waals surface area contributed by atoms with Gasteiger partial charge >= 0.3 is 0 Å². The Morgan fingerprint density at radius 2 is 2.31 bits per heavy atom. The molecule has 0 saturated carbocycles. The molecule has 16 heavy (non-hydrogen) atoms. The van der Waals surface area contributed by atoms with Gasteiger partial charge in [0.25, 0.3) is 0 Å². The molecule has 0 bridgehead atoms. The minimum Gasteiger partial charge on any atom is -0.421 e. The summed E-state index contributed by atoms with van der Waals surface area (Å²) < 4.78 is 5.55. The van der Waals surface area contributed by atoms with E-state index in [-0.39, 0.29) is 0 Å². The summed E-state index contributed by atoms with van der Waals surface area (Å²) in [6.45, 7) is 5.10. The van der Waals surface area contributed by atoms with Crippen LogP contribution in [0.5, 0.6) is 0 Å². The van der Waals surface area contributed by atoms with Crippen LogP contribution in [0.1, 0.15) is 19.7 Å². The lowest BCUT2D eigenvalue weighted by Crippen LogP contribution is -2.25. The van der Waals surface area contributed by atoms with Crippen molar-refractivity contribution < 1.29 is 4.42 Å². The molecule has 2 aromatic rings. The van der Waals surface area contributed by atoms with Crippen molar-refractivity contribution in [2.24, 2.45) is 0 Å². The van der Waals surface area contributed by atoms with Gasteiger partial charge in [-0.25, -0.2) is 0 Å². The zero-order valence-corrected chi connectivity index (χ0v) is 10.3. The second-order valence-corrected chi connectivity index (χ2v) is 4.65. The second kappa shape index (κ2) is 5.23. The molecular formula is C11H15N3OS. The number of hydrogen-bond acceptors (Lipinski definition) is 5. The van der Waals surface area contributed by atoms with Gasteiger partial charge in [0.05, 0.1) is 0 Å². The molecule has 86 valence electrons.